The van der Waals surface area contributed by atoms with Crippen molar-refractivity contribution in [1.82, 2.24) is 4.40 Å². The maximum atomic E-state index is 11.8. The molecule has 124 valence electrons. The molecule has 3 rings (SSSR count). The predicted octanol–water partition coefficient (Wildman–Crippen LogP) is 5.11. The van der Waals surface area contributed by atoms with Gasteiger partial charge in [0.25, 0.3) is 0 Å². The monoisotopic (exact) mass is 321 g/mol. The van der Waals surface area contributed by atoms with Crippen molar-refractivity contribution in [3.05, 3.63) is 59.4 Å². The lowest BCUT2D eigenvalue weighted by Crippen LogP contribution is -1.97. The van der Waals surface area contributed by atoms with Crippen LogP contribution >= 0.6 is 0 Å². The van der Waals surface area contributed by atoms with Crippen molar-refractivity contribution in [1.29, 1.82) is 0 Å². The van der Waals surface area contributed by atoms with Gasteiger partial charge in [-0.1, -0.05) is 32.9 Å². The number of methoxy groups -OCH3 is 1. The number of aryl methyl sites for hydroxylation is 1. The van der Waals surface area contributed by atoms with Crippen molar-refractivity contribution in [2.45, 2.75) is 33.1 Å². The Balaban J connectivity index is 2.29. The molecule has 1 aromatic carbocycles. The van der Waals surface area contributed by atoms with E-state index in [2.05, 4.69) is 51.1 Å². The van der Waals surface area contributed by atoms with E-state index in [1.54, 1.807) is 7.11 Å². The van der Waals surface area contributed by atoms with Gasteiger partial charge in [0.15, 0.2) is 6.29 Å². The molecule has 0 fully saturated rings. The van der Waals surface area contributed by atoms with Gasteiger partial charge in [-0.2, -0.15) is 0 Å². The maximum Gasteiger partial charge on any atom is 0.167 e. The van der Waals surface area contributed by atoms with Crippen LogP contribution < -0.4 is 4.74 Å². The Kier molecular flexibility index (Phi) is 4.43. The van der Waals surface area contributed by atoms with Gasteiger partial charge in [0.2, 0.25) is 0 Å². The normalized spacial score (nSPS) is 11.2. The molecule has 0 N–H and O–H groups in total. The second-order valence-corrected chi connectivity index (χ2v) is 6.36. The first-order valence-corrected chi connectivity index (χ1v) is 8.36. The summed E-state index contributed by atoms with van der Waals surface area (Å²) in [4.78, 5) is 11.8. The third-order valence-corrected chi connectivity index (χ3v) is 4.57. The molecule has 2 aromatic heterocycles. The van der Waals surface area contributed by atoms with Crippen LogP contribution in [0.5, 0.6) is 5.75 Å². The molecule has 0 spiro atoms. The number of aromatic nitrogens is 1. The summed E-state index contributed by atoms with van der Waals surface area (Å²) < 4.78 is 7.52. The lowest BCUT2D eigenvalue weighted by Gasteiger charge is -2.12. The molecule has 0 aliphatic rings. The highest BCUT2D eigenvalue weighted by atomic mass is 16.5. The van der Waals surface area contributed by atoms with Crippen molar-refractivity contribution in [2.24, 2.45) is 0 Å². The fourth-order valence-electron chi connectivity index (χ4n) is 3.07. The Hall–Kier alpha value is -2.55. The van der Waals surface area contributed by atoms with Crippen molar-refractivity contribution in [3.63, 3.8) is 0 Å². The number of rotatable bonds is 5. The van der Waals surface area contributed by atoms with E-state index in [0.29, 0.717) is 11.6 Å². The van der Waals surface area contributed by atoms with Gasteiger partial charge in [-0.15, -0.1) is 0 Å². The van der Waals surface area contributed by atoms with E-state index in [1.807, 2.05) is 16.7 Å². The Morgan fingerprint density at radius 2 is 1.92 bits per heavy atom. The molecular weight excluding hydrogens is 298 g/mol. The first-order valence-electron chi connectivity index (χ1n) is 8.36. The van der Waals surface area contributed by atoms with Crippen LogP contribution in [-0.2, 0) is 6.42 Å². The molecule has 0 unspecified atom stereocenters. The van der Waals surface area contributed by atoms with E-state index < -0.39 is 0 Å². The van der Waals surface area contributed by atoms with Crippen LogP contribution in [0.4, 0.5) is 0 Å². The van der Waals surface area contributed by atoms with Gasteiger partial charge in [0.1, 0.15) is 5.75 Å². The van der Waals surface area contributed by atoms with Gasteiger partial charge in [0.05, 0.1) is 12.8 Å². The zero-order valence-corrected chi connectivity index (χ0v) is 14.7. The number of nitrogens with zero attached hydrogens (tertiary/aromatic N) is 1. The summed E-state index contributed by atoms with van der Waals surface area (Å²) in [6.45, 7) is 6.44. The highest BCUT2D eigenvalue weighted by Gasteiger charge is 2.16. The van der Waals surface area contributed by atoms with Crippen LogP contribution in [0.3, 0.4) is 0 Å². The number of benzene rings is 1. The molecule has 0 amide bonds. The Labute approximate surface area is 142 Å². The molecule has 0 aliphatic heterocycles. The molecule has 0 saturated carbocycles. The van der Waals surface area contributed by atoms with Crippen LogP contribution in [0, 0.1) is 0 Å². The van der Waals surface area contributed by atoms with Gasteiger partial charge in [-0.05, 0) is 47.7 Å². The number of ether oxygens (including phenoxy) is 1. The van der Waals surface area contributed by atoms with Gasteiger partial charge in [0, 0.05) is 22.8 Å². The third-order valence-electron chi connectivity index (χ3n) is 4.57. The van der Waals surface area contributed by atoms with Crippen molar-refractivity contribution in [3.8, 4) is 16.9 Å². The van der Waals surface area contributed by atoms with E-state index in [9.17, 15) is 4.79 Å². The molecule has 0 aliphatic carbocycles. The van der Waals surface area contributed by atoms with Crippen LogP contribution in [0.1, 0.15) is 48.3 Å². The number of pyridine rings is 1. The molecular formula is C21H23NO2. The van der Waals surface area contributed by atoms with Crippen LogP contribution in [-0.4, -0.2) is 17.8 Å². The number of carbonyl (C=O) groups is 1. The summed E-state index contributed by atoms with van der Waals surface area (Å²) in [5.74, 6) is 1.20. The molecule has 24 heavy (non-hydrogen) atoms. The molecule has 0 bridgehead atoms. The second-order valence-electron chi connectivity index (χ2n) is 6.36. The topological polar surface area (TPSA) is 30.7 Å². The Bertz CT molecular complexity index is 890. The first-order chi connectivity index (χ1) is 11.6. The minimum absolute atomic E-state index is 0.415. The zero-order chi connectivity index (χ0) is 17.3. The lowest BCUT2D eigenvalue weighted by molar-refractivity contribution is 0.111. The number of hydrogen-bond donors (Lipinski definition) is 0. The van der Waals surface area contributed by atoms with Gasteiger partial charge >= 0.3 is 0 Å². The summed E-state index contributed by atoms with van der Waals surface area (Å²) in [6.07, 6.45) is 3.92. The van der Waals surface area contributed by atoms with E-state index in [4.69, 9.17) is 4.74 Å². The third kappa shape index (κ3) is 2.71. The number of aldehydes is 1. The van der Waals surface area contributed by atoms with Crippen LogP contribution in [0.15, 0.2) is 42.6 Å². The van der Waals surface area contributed by atoms with E-state index >= 15 is 0 Å². The van der Waals surface area contributed by atoms with Crippen molar-refractivity contribution >= 4 is 11.8 Å². The van der Waals surface area contributed by atoms with Gasteiger partial charge in [-0.3, -0.25) is 4.79 Å². The van der Waals surface area contributed by atoms with Crippen LogP contribution in [0.25, 0.3) is 16.6 Å². The molecule has 3 nitrogen and oxygen atoms in total. The van der Waals surface area contributed by atoms with E-state index in [0.717, 1.165) is 35.1 Å². The van der Waals surface area contributed by atoms with Crippen molar-refractivity contribution < 1.29 is 9.53 Å². The highest BCUT2D eigenvalue weighted by Crippen LogP contribution is 2.36. The van der Waals surface area contributed by atoms with Gasteiger partial charge in [-0.25, -0.2) is 0 Å². The van der Waals surface area contributed by atoms with E-state index in [-0.39, 0.29) is 0 Å². The summed E-state index contributed by atoms with van der Waals surface area (Å²) in [5, 5.41) is 0. The van der Waals surface area contributed by atoms with Crippen LogP contribution in [0.2, 0.25) is 0 Å². The summed E-state index contributed by atoms with van der Waals surface area (Å²) in [6, 6.07) is 12.4. The number of carbonyl (C=O) groups excluding carboxylic acids is 1. The predicted molar refractivity (Wildman–Crippen MR) is 98.2 cm³/mol. The number of hydrogen-bond acceptors (Lipinski definition) is 2. The molecule has 3 heteroatoms. The molecule has 2 heterocycles. The fourth-order valence-corrected chi connectivity index (χ4v) is 3.07. The SMILES string of the molecule is CCc1ccc2cc(-c3cc(C(C)C)ccc3OC)c(C=O)n2c1. The highest BCUT2D eigenvalue weighted by molar-refractivity contribution is 5.91. The standard InChI is InChI=1S/C21H23NO2/c1-5-15-6-8-17-11-18(20(13-23)22(17)12-15)19-10-16(14(2)3)7-9-21(19)24-4/h6-14H,5H2,1-4H3. The minimum Gasteiger partial charge on any atom is -0.496 e. The summed E-state index contributed by atoms with van der Waals surface area (Å²) >= 11 is 0. The van der Waals surface area contributed by atoms with Crippen molar-refractivity contribution in [2.75, 3.05) is 7.11 Å². The fraction of sp³-hybridized carbons (Fsp3) is 0.286. The average molecular weight is 321 g/mol. The molecule has 3 aromatic rings. The quantitative estimate of drug-likeness (QED) is 0.611. The largest absolute Gasteiger partial charge is 0.496 e. The smallest absolute Gasteiger partial charge is 0.167 e. The lowest BCUT2D eigenvalue weighted by atomic mass is 9.96. The molecule has 0 saturated heterocycles. The maximum absolute atomic E-state index is 11.8. The minimum atomic E-state index is 0.415. The zero-order valence-electron chi connectivity index (χ0n) is 14.7. The molecule has 0 atom stereocenters. The second kappa shape index (κ2) is 6.52. The van der Waals surface area contributed by atoms with E-state index in [1.165, 1.54) is 11.1 Å². The number of fused-ring (bicyclic) bond motifs is 1. The molecule has 0 radical (unpaired) electrons. The van der Waals surface area contributed by atoms with Gasteiger partial charge < -0.3 is 9.14 Å². The Morgan fingerprint density at radius 3 is 2.54 bits per heavy atom. The summed E-state index contributed by atoms with van der Waals surface area (Å²) in [7, 11) is 1.67. The average Bonchev–Trinajstić information content (AvgIpc) is 2.98. The Morgan fingerprint density at radius 1 is 1.12 bits per heavy atom. The first kappa shape index (κ1) is 16.3. The summed E-state index contributed by atoms with van der Waals surface area (Å²) in [5.41, 5.74) is 5.99.